The summed E-state index contributed by atoms with van der Waals surface area (Å²) in [5, 5.41) is 15.4. The molecule has 100 valence electrons. The lowest BCUT2D eigenvalue weighted by atomic mass is 9.81. The molecule has 3 N–H and O–H groups in total. The largest absolute Gasteiger partial charge is 0.467 e. The van der Waals surface area contributed by atoms with Gasteiger partial charge in [-0.15, -0.1) is 0 Å². The standard InChI is InChI=1S/C13H20N2O3/c1-13(5-3-6-14-9-13)12(17)15-10(8-16)11-4-2-7-18-11/h2,4,7,10,14,16H,3,5-6,8-9H2,1H3,(H,15,17). The van der Waals surface area contributed by atoms with Gasteiger partial charge in [0.15, 0.2) is 0 Å². The average molecular weight is 252 g/mol. The molecule has 0 aromatic carbocycles. The van der Waals surface area contributed by atoms with Gasteiger partial charge in [-0.05, 0) is 38.4 Å². The molecule has 1 aromatic heterocycles. The van der Waals surface area contributed by atoms with Crippen LogP contribution in [0.4, 0.5) is 0 Å². The lowest BCUT2D eigenvalue weighted by Gasteiger charge is -2.33. The van der Waals surface area contributed by atoms with Crippen molar-refractivity contribution in [3.05, 3.63) is 24.2 Å². The van der Waals surface area contributed by atoms with Crippen LogP contribution in [0.2, 0.25) is 0 Å². The molecule has 5 nitrogen and oxygen atoms in total. The Labute approximate surface area is 107 Å². The molecular weight excluding hydrogens is 232 g/mol. The van der Waals surface area contributed by atoms with E-state index in [4.69, 9.17) is 4.42 Å². The summed E-state index contributed by atoms with van der Waals surface area (Å²) in [5.41, 5.74) is -0.405. The van der Waals surface area contributed by atoms with Gasteiger partial charge in [0.25, 0.3) is 0 Å². The van der Waals surface area contributed by atoms with Gasteiger partial charge in [-0.1, -0.05) is 0 Å². The number of hydrogen-bond acceptors (Lipinski definition) is 4. The van der Waals surface area contributed by atoms with Crippen LogP contribution in [0.1, 0.15) is 31.6 Å². The summed E-state index contributed by atoms with van der Waals surface area (Å²) in [6.45, 7) is 3.42. The third kappa shape index (κ3) is 2.73. The summed E-state index contributed by atoms with van der Waals surface area (Å²) >= 11 is 0. The lowest BCUT2D eigenvalue weighted by molar-refractivity contribution is -0.132. The van der Waals surface area contributed by atoms with Gasteiger partial charge in [0.1, 0.15) is 11.8 Å². The summed E-state index contributed by atoms with van der Waals surface area (Å²) in [7, 11) is 0. The van der Waals surface area contributed by atoms with E-state index in [2.05, 4.69) is 10.6 Å². The fraction of sp³-hybridized carbons (Fsp3) is 0.615. The van der Waals surface area contributed by atoms with E-state index in [0.29, 0.717) is 12.3 Å². The lowest BCUT2D eigenvalue weighted by Crippen LogP contribution is -2.49. The number of carbonyl (C=O) groups excluding carboxylic acids is 1. The zero-order valence-corrected chi connectivity index (χ0v) is 10.6. The van der Waals surface area contributed by atoms with Crippen LogP contribution in [0.3, 0.4) is 0 Å². The number of furan rings is 1. The molecule has 1 saturated heterocycles. The van der Waals surface area contributed by atoms with Crippen LogP contribution in [0.15, 0.2) is 22.8 Å². The molecule has 1 amide bonds. The number of piperidine rings is 1. The molecule has 2 rings (SSSR count). The first-order chi connectivity index (χ1) is 8.65. The second-order valence-electron chi connectivity index (χ2n) is 5.07. The molecule has 0 saturated carbocycles. The van der Waals surface area contributed by atoms with Crippen molar-refractivity contribution in [1.29, 1.82) is 0 Å². The Morgan fingerprint density at radius 1 is 1.72 bits per heavy atom. The molecule has 2 unspecified atom stereocenters. The van der Waals surface area contributed by atoms with Gasteiger partial charge in [0.2, 0.25) is 5.91 Å². The number of hydrogen-bond donors (Lipinski definition) is 3. The number of carbonyl (C=O) groups is 1. The molecule has 5 heteroatoms. The first-order valence-corrected chi connectivity index (χ1v) is 6.32. The van der Waals surface area contributed by atoms with E-state index in [1.165, 1.54) is 6.26 Å². The van der Waals surface area contributed by atoms with Crippen LogP contribution in [-0.4, -0.2) is 30.7 Å². The highest BCUT2D eigenvalue weighted by molar-refractivity contribution is 5.83. The van der Waals surface area contributed by atoms with Crippen LogP contribution < -0.4 is 10.6 Å². The van der Waals surface area contributed by atoms with E-state index in [-0.39, 0.29) is 12.5 Å². The normalized spacial score (nSPS) is 25.7. The van der Waals surface area contributed by atoms with Crippen molar-refractivity contribution in [3.8, 4) is 0 Å². The Kier molecular flexibility index (Phi) is 4.04. The quantitative estimate of drug-likeness (QED) is 0.741. The Hall–Kier alpha value is -1.33. The highest BCUT2D eigenvalue weighted by atomic mass is 16.3. The van der Waals surface area contributed by atoms with Crippen LogP contribution in [0.5, 0.6) is 0 Å². The topological polar surface area (TPSA) is 74.5 Å². The van der Waals surface area contributed by atoms with Crippen molar-refractivity contribution in [2.75, 3.05) is 19.7 Å². The van der Waals surface area contributed by atoms with Crippen LogP contribution >= 0.6 is 0 Å². The minimum atomic E-state index is -0.466. The van der Waals surface area contributed by atoms with Crippen molar-refractivity contribution in [2.24, 2.45) is 5.41 Å². The maximum Gasteiger partial charge on any atom is 0.227 e. The molecule has 0 bridgehead atoms. The van der Waals surface area contributed by atoms with E-state index in [1.807, 2.05) is 6.92 Å². The maximum absolute atomic E-state index is 12.3. The monoisotopic (exact) mass is 252 g/mol. The second-order valence-corrected chi connectivity index (χ2v) is 5.07. The SMILES string of the molecule is CC1(C(=O)NC(CO)c2ccco2)CCCNC1. The first-order valence-electron chi connectivity index (χ1n) is 6.32. The average Bonchev–Trinajstić information content (AvgIpc) is 2.90. The van der Waals surface area contributed by atoms with Gasteiger partial charge < -0.3 is 20.2 Å². The molecule has 18 heavy (non-hydrogen) atoms. The van der Waals surface area contributed by atoms with Gasteiger partial charge in [-0.3, -0.25) is 4.79 Å². The number of rotatable bonds is 4. The molecule has 2 atom stereocenters. The van der Waals surface area contributed by atoms with Crippen molar-refractivity contribution >= 4 is 5.91 Å². The van der Waals surface area contributed by atoms with E-state index >= 15 is 0 Å². The number of nitrogens with one attached hydrogen (secondary N) is 2. The van der Waals surface area contributed by atoms with Crippen LogP contribution in [0, 0.1) is 5.41 Å². The second kappa shape index (κ2) is 5.54. The third-order valence-corrected chi connectivity index (χ3v) is 3.52. The van der Waals surface area contributed by atoms with E-state index in [1.54, 1.807) is 12.1 Å². The Balaban J connectivity index is 2.01. The van der Waals surface area contributed by atoms with Crippen molar-refractivity contribution in [3.63, 3.8) is 0 Å². The Morgan fingerprint density at radius 2 is 2.56 bits per heavy atom. The van der Waals surface area contributed by atoms with Crippen LogP contribution in [0.25, 0.3) is 0 Å². The summed E-state index contributed by atoms with van der Waals surface area (Å²) < 4.78 is 5.22. The zero-order chi connectivity index (χ0) is 13.0. The van der Waals surface area contributed by atoms with Gasteiger partial charge in [0, 0.05) is 6.54 Å². The molecule has 2 heterocycles. The Morgan fingerprint density at radius 3 is 3.11 bits per heavy atom. The van der Waals surface area contributed by atoms with Crippen molar-refractivity contribution < 1.29 is 14.3 Å². The minimum Gasteiger partial charge on any atom is -0.467 e. The van der Waals surface area contributed by atoms with E-state index < -0.39 is 11.5 Å². The van der Waals surface area contributed by atoms with Crippen molar-refractivity contribution in [2.45, 2.75) is 25.8 Å². The van der Waals surface area contributed by atoms with Gasteiger partial charge in [-0.2, -0.15) is 0 Å². The summed E-state index contributed by atoms with van der Waals surface area (Å²) in [6, 6.07) is 3.03. The number of aliphatic hydroxyl groups is 1. The molecule has 1 aromatic rings. The predicted octanol–water partition coefficient (Wildman–Crippen LogP) is 0.819. The third-order valence-electron chi connectivity index (χ3n) is 3.52. The summed E-state index contributed by atoms with van der Waals surface area (Å²) in [6.07, 6.45) is 3.39. The fourth-order valence-electron chi connectivity index (χ4n) is 2.28. The highest BCUT2D eigenvalue weighted by Crippen LogP contribution is 2.26. The first kappa shape index (κ1) is 13.1. The molecule has 0 aliphatic carbocycles. The van der Waals surface area contributed by atoms with Gasteiger partial charge in [-0.25, -0.2) is 0 Å². The van der Waals surface area contributed by atoms with Crippen molar-refractivity contribution in [1.82, 2.24) is 10.6 Å². The molecule has 0 spiro atoms. The number of amides is 1. The molecule has 0 radical (unpaired) electrons. The summed E-state index contributed by atoms with van der Waals surface area (Å²) in [5.74, 6) is 0.545. The fourth-order valence-corrected chi connectivity index (χ4v) is 2.28. The molecule has 1 fully saturated rings. The van der Waals surface area contributed by atoms with Gasteiger partial charge >= 0.3 is 0 Å². The smallest absolute Gasteiger partial charge is 0.227 e. The summed E-state index contributed by atoms with van der Waals surface area (Å²) in [4.78, 5) is 12.3. The predicted molar refractivity (Wildman–Crippen MR) is 66.9 cm³/mol. The van der Waals surface area contributed by atoms with E-state index in [9.17, 15) is 9.90 Å². The van der Waals surface area contributed by atoms with Crippen LogP contribution in [-0.2, 0) is 4.79 Å². The zero-order valence-electron chi connectivity index (χ0n) is 10.6. The molecule has 1 aliphatic rings. The Bertz CT molecular complexity index is 383. The number of aliphatic hydroxyl groups excluding tert-OH is 1. The van der Waals surface area contributed by atoms with Gasteiger partial charge in [0.05, 0.1) is 18.3 Å². The minimum absolute atomic E-state index is 0.0369. The highest BCUT2D eigenvalue weighted by Gasteiger charge is 2.35. The molecule has 1 aliphatic heterocycles. The van der Waals surface area contributed by atoms with E-state index in [0.717, 1.165) is 19.4 Å². The maximum atomic E-state index is 12.3. The molecular formula is C13H20N2O3.